The lowest BCUT2D eigenvalue weighted by molar-refractivity contribution is -0.130. The van der Waals surface area contributed by atoms with Crippen molar-refractivity contribution in [2.75, 3.05) is 26.9 Å². The molecule has 3 rings (SSSR count). The van der Waals surface area contributed by atoms with Crippen LogP contribution < -0.4 is 4.74 Å². The van der Waals surface area contributed by atoms with Gasteiger partial charge in [0.05, 0.1) is 40.4 Å². The predicted molar refractivity (Wildman–Crippen MR) is 114 cm³/mol. The summed E-state index contributed by atoms with van der Waals surface area (Å²) in [6.45, 7) is 6.57. The standard InChI is InChI=1S/C22H26N2O5S/c1-5-11-29-16-9-7-6-8-15(16)18-17(19(25)21-13(2)23-14(3)30-21)20(26)22(27)24(18)10-12-28-4/h6-9,18,26H,5,10-12H2,1-4H3. The van der Waals surface area contributed by atoms with Gasteiger partial charge in [0.1, 0.15) is 5.75 Å². The highest BCUT2D eigenvalue weighted by Crippen LogP contribution is 2.43. The van der Waals surface area contributed by atoms with Crippen LogP contribution in [0.2, 0.25) is 0 Å². The number of aromatic nitrogens is 1. The van der Waals surface area contributed by atoms with Crippen molar-refractivity contribution >= 4 is 23.0 Å². The molecule has 1 N–H and O–H groups in total. The minimum Gasteiger partial charge on any atom is -0.503 e. The van der Waals surface area contributed by atoms with E-state index in [1.165, 1.54) is 23.3 Å². The average Bonchev–Trinajstić information content (AvgIpc) is 3.20. The van der Waals surface area contributed by atoms with E-state index in [2.05, 4.69) is 4.98 Å². The highest BCUT2D eigenvalue weighted by atomic mass is 32.1. The van der Waals surface area contributed by atoms with Crippen molar-refractivity contribution in [3.8, 4) is 5.75 Å². The highest BCUT2D eigenvalue weighted by Gasteiger charge is 2.45. The van der Waals surface area contributed by atoms with Crippen molar-refractivity contribution in [1.29, 1.82) is 0 Å². The van der Waals surface area contributed by atoms with Gasteiger partial charge in [0.15, 0.2) is 5.76 Å². The van der Waals surface area contributed by atoms with Crippen molar-refractivity contribution < 1.29 is 24.2 Å². The smallest absolute Gasteiger partial charge is 0.290 e. The van der Waals surface area contributed by atoms with E-state index in [0.29, 0.717) is 28.5 Å². The van der Waals surface area contributed by atoms with Gasteiger partial charge >= 0.3 is 0 Å². The Morgan fingerprint density at radius 3 is 2.63 bits per heavy atom. The lowest BCUT2D eigenvalue weighted by Gasteiger charge is -2.28. The van der Waals surface area contributed by atoms with Crippen molar-refractivity contribution in [1.82, 2.24) is 9.88 Å². The van der Waals surface area contributed by atoms with E-state index in [9.17, 15) is 14.7 Å². The maximum atomic E-state index is 13.5. The number of hydrogen-bond acceptors (Lipinski definition) is 7. The minimum absolute atomic E-state index is 0.0513. The number of thiazole rings is 1. The van der Waals surface area contributed by atoms with Crippen LogP contribution in [-0.4, -0.2) is 53.5 Å². The number of aliphatic hydroxyl groups excluding tert-OH is 1. The molecular weight excluding hydrogens is 404 g/mol. The van der Waals surface area contributed by atoms with Gasteiger partial charge < -0.3 is 19.5 Å². The van der Waals surface area contributed by atoms with Crippen molar-refractivity contribution in [2.24, 2.45) is 0 Å². The fraction of sp³-hybridized carbons (Fsp3) is 0.409. The lowest BCUT2D eigenvalue weighted by atomic mass is 9.94. The van der Waals surface area contributed by atoms with E-state index in [1.807, 2.05) is 38.1 Å². The molecule has 1 amide bonds. The van der Waals surface area contributed by atoms with Gasteiger partial charge in [0.25, 0.3) is 5.91 Å². The number of amides is 1. The highest BCUT2D eigenvalue weighted by molar-refractivity contribution is 7.14. The monoisotopic (exact) mass is 430 g/mol. The molecule has 1 aromatic carbocycles. The molecule has 0 saturated carbocycles. The second-order valence-corrected chi connectivity index (χ2v) is 8.22. The third-order valence-corrected chi connectivity index (χ3v) is 5.94. The normalized spacial score (nSPS) is 16.5. The molecule has 0 saturated heterocycles. The summed E-state index contributed by atoms with van der Waals surface area (Å²) in [6.07, 6.45) is 0.817. The van der Waals surface area contributed by atoms with Crippen molar-refractivity contribution in [3.63, 3.8) is 0 Å². The quantitative estimate of drug-likeness (QED) is 0.609. The van der Waals surface area contributed by atoms with Gasteiger partial charge in [-0.05, 0) is 26.3 Å². The Balaban J connectivity index is 2.12. The molecule has 0 radical (unpaired) electrons. The topological polar surface area (TPSA) is 89.0 Å². The first-order valence-corrected chi connectivity index (χ1v) is 10.7. The van der Waals surface area contributed by atoms with Gasteiger partial charge in [-0.2, -0.15) is 0 Å². The molecular formula is C22H26N2O5S. The summed E-state index contributed by atoms with van der Waals surface area (Å²) in [5.41, 5.74) is 1.29. The molecule has 1 aliphatic rings. The molecule has 0 spiro atoms. The van der Waals surface area contributed by atoms with Crippen LogP contribution in [0, 0.1) is 13.8 Å². The van der Waals surface area contributed by atoms with Crippen LogP contribution >= 0.6 is 11.3 Å². The summed E-state index contributed by atoms with van der Waals surface area (Å²) in [7, 11) is 1.54. The van der Waals surface area contributed by atoms with E-state index >= 15 is 0 Å². The van der Waals surface area contributed by atoms with Crippen molar-refractivity contribution in [2.45, 2.75) is 33.2 Å². The Morgan fingerprint density at radius 1 is 1.27 bits per heavy atom. The molecule has 1 aromatic heterocycles. The van der Waals surface area contributed by atoms with Crippen LogP contribution in [0.5, 0.6) is 5.75 Å². The predicted octanol–water partition coefficient (Wildman–Crippen LogP) is 3.77. The zero-order chi connectivity index (χ0) is 21.8. The largest absolute Gasteiger partial charge is 0.503 e. The number of ketones is 1. The summed E-state index contributed by atoms with van der Waals surface area (Å²) in [5.74, 6) is -0.933. The number of ether oxygens (including phenoxy) is 2. The van der Waals surface area contributed by atoms with Gasteiger partial charge in [0, 0.05) is 19.2 Å². The molecule has 0 fully saturated rings. The number of aliphatic hydroxyl groups is 1. The molecule has 1 atom stereocenters. The SMILES string of the molecule is CCCOc1ccccc1C1C(C(=O)c2sc(C)nc2C)=C(O)C(=O)N1CCOC. The van der Waals surface area contributed by atoms with E-state index in [0.717, 1.165) is 11.4 Å². The van der Waals surface area contributed by atoms with Gasteiger partial charge in [-0.3, -0.25) is 9.59 Å². The minimum atomic E-state index is -0.769. The average molecular weight is 431 g/mol. The molecule has 2 aromatic rings. The summed E-state index contributed by atoms with van der Waals surface area (Å²) in [4.78, 5) is 32.6. The number of carbonyl (C=O) groups excluding carboxylic acids is 2. The Morgan fingerprint density at radius 2 is 2.00 bits per heavy atom. The number of Topliss-reactive ketones (excluding diaryl/α,β-unsaturated/α-hetero) is 1. The van der Waals surface area contributed by atoms with Crippen LogP contribution in [0.4, 0.5) is 0 Å². The van der Waals surface area contributed by atoms with E-state index in [-0.39, 0.29) is 24.5 Å². The number of benzene rings is 1. The number of carbonyl (C=O) groups is 2. The third kappa shape index (κ3) is 4.11. The Hall–Kier alpha value is -2.71. The molecule has 8 heteroatoms. The van der Waals surface area contributed by atoms with Crippen LogP contribution in [-0.2, 0) is 9.53 Å². The summed E-state index contributed by atoms with van der Waals surface area (Å²) in [6, 6.07) is 6.53. The first-order chi connectivity index (χ1) is 14.4. The van der Waals surface area contributed by atoms with E-state index in [4.69, 9.17) is 9.47 Å². The van der Waals surface area contributed by atoms with Crippen LogP contribution in [0.1, 0.15) is 45.3 Å². The number of aryl methyl sites for hydroxylation is 2. The second kappa shape index (κ2) is 9.40. The summed E-state index contributed by atoms with van der Waals surface area (Å²) < 4.78 is 11.0. The molecule has 1 unspecified atom stereocenters. The summed E-state index contributed by atoms with van der Waals surface area (Å²) >= 11 is 1.26. The number of rotatable bonds is 9. The molecule has 7 nitrogen and oxygen atoms in total. The third-order valence-electron chi connectivity index (χ3n) is 4.87. The van der Waals surface area contributed by atoms with E-state index in [1.54, 1.807) is 6.92 Å². The van der Waals surface area contributed by atoms with Gasteiger partial charge in [-0.25, -0.2) is 4.98 Å². The van der Waals surface area contributed by atoms with Crippen molar-refractivity contribution in [3.05, 3.63) is 56.7 Å². The Labute approximate surface area is 180 Å². The molecule has 30 heavy (non-hydrogen) atoms. The fourth-order valence-electron chi connectivity index (χ4n) is 3.54. The molecule has 1 aliphatic heterocycles. The van der Waals surface area contributed by atoms with Crippen LogP contribution in [0.15, 0.2) is 35.6 Å². The number of nitrogens with zero attached hydrogens (tertiary/aromatic N) is 2. The zero-order valence-corrected chi connectivity index (χ0v) is 18.4. The van der Waals surface area contributed by atoms with Gasteiger partial charge in [0.2, 0.25) is 5.78 Å². The number of para-hydroxylation sites is 1. The number of hydrogen-bond donors (Lipinski definition) is 1. The van der Waals surface area contributed by atoms with Gasteiger partial charge in [-0.15, -0.1) is 11.3 Å². The second-order valence-electron chi connectivity index (χ2n) is 7.02. The first kappa shape index (κ1) is 22.0. The molecule has 0 bridgehead atoms. The lowest BCUT2D eigenvalue weighted by Crippen LogP contribution is -2.34. The van der Waals surface area contributed by atoms with E-state index < -0.39 is 17.7 Å². The van der Waals surface area contributed by atoms with Crippen LogP contribution in [0.25, 0.3) is 0 Å². The maximum Gasteiger partial charge on any atom is 0.290 e. The fourth-order valence-corrected chi connectivity index (χ4v) is 4.42. The molecule has 0 aliphatic carbocycles. The number of methoxy groups -OCH3 is 1. The Kier molecular flexibility index (Phi) is 6.89. The first-order valence-electron chi connectivity index (χ1n) is 9.84. The zero-order valence-electron chi connectivity index (χ0n) is 17.6. The Bertz CT molecular complexity index is 982. The van der Waals surface area contributed by atoms with Crippen LogP contribution in [0.3, 0.4) is 0 Å². The molecule has 160 valence electrons. The summed E-state index contributed by atoms with van der Waals surface area (Å²) in [5, 5.41) is 11.5. The van der Waals surface area contributed by atoms with Gasteiger partial charge in [-0.1, -0.05) is 25.1 Å². The maximum absolute atomic E-state index is 13.5. The molecule has 2 heterocycles.